The lowest BCUT2D eigenvalue weighted by Crippen LogP contribution is -2.42. The van der Waals surface area contributed by atoms with Crippen LogP contribution in [0.2, 0.25) is 0 Å². The summed E-state index contributed by atoms with van der Waals surface area (Å²) in [5.74, 6) is 2.10. The Kier molecular flexibility index (Phi) is 5.97. The van der Waals surface area contributed by atoms with E-state index in [-0.39, 0.29) is 18.1 Å². The first kappa shape index (κ1) is 18.2. The van der Waals surface area contributed by atoms with E-state index in [1.807, 2.05) is 26.0 Å². The molecule has 1 aromatic rings. The molecule has 1 N–H and O–H groups in total. The number of nitrogens with zero attached hydrogens (tertiary/aromatic N) is 1. The number of para-hydroxylation sites is 1. The van der Waals surface area contributed by atoms with Crippen molar-refractivity contribution in [1.29, 1.82) is 0 Å². The van der Waals surface area contributed by atoms with Gasteiger partial charge in [-0.05, 0) is 38.8 Å². The molecule has 0 aliphatic carbocycles. The number of benzene rings is 1. The van der Waals surface area contributed by atoms with Crippen LogP contribution in [0.5, 0.6) is 5.75 Å². The van der Waals surface area contributed by atoms with Crippen LogP contribution in [0.4, 0.5) is 0 Å². The third-order valence-electron chi connectivity index (χ3n) is 5.30. The number of hydrogen-bond acceptors (Lipinski definition) is 4. The second kappa shape index (κ2) is 8.19. The van der Waals surface area contributed by atoms with Gasteiger partial charge in [-0.2, -0.15) is 0 Å². The monoisotopic (exact) mass is 346 g/mol. The van der Waals surface area contributed by atoms with Crippen molar-refractivity contribution in [2.24, 2.45) is 11.8 Å². The van der Waals surface area contributed by atoms with Gasteiger partial charge in [-0.3, -0.25) is 9.69 Å². The molecule has 1 aromatic carbocycles. The lowest BCUT2D eigenvalue weighted by Gasteiger charge is -2.35. The number of rotatable bonds is 6. The lowest BCUT2D eigenvalue weighted by molar-refractivity contribution is -0.124. The number of likely N-dealkylation sites (tertiary alicyclic amines) is 1. The van der Waals surface area contributed by atoms with Crippen molar-refractivity contribution >= 4 is 5.91 Å². The van der Waals surface area contributed by atoms with E-state index in [2.05, 4.69) is 22.3 Å². The van der Waals surface area contributed by atoms with Crippen LogP contribution < -0.4 is 10.1 Å². The summed E-state index contributed by atoms with van der Waals surface area (Å²) in [6, 6.07) is 8.41. The normalized spacial score (nSPS) is 26.5. The summed E-state index contributed by atoms with van der Waals surface area (Å²) in [4.78, 5) is 14.5. The molecule has 5 heteroatoms. The molecule has 2 aliphatic heterocycles. The number of hydrogen-bond donors (Lipinski definition) is 1. The lowest BCUT2D eigenvalue weighted by atomic mass is 9.83. The molecule has 2 aliphatic rings. The second-order valence-corrected chi connectivity index (χ2v) is 7.56. The molecule has 3 rings (SSSR count). The summed E-state index contributed by atoms with van der Waals surface area (Å²) in [5.41, 5.74) is 1.23. The van der Waals surface area contributed by atoms with E-state index in [0.29, 0.717) is 18.3 Å². The molecule has 25 heavy (non-hydrogen) atoms. The molecule has 0 unspecified atom stereocenters. The topological polar surface area (TPSA) is 50.8 Å². The summed E-state index contributed by atoms with van der Waals surface area (Å²) < 4.78 is 11.5. The Morgan fingerprint density at radius 3 is 2.96 bits per heavy atom. The molecule has 0 aromatic heterocycles. The maximum atomic E-state index is 12.0. The van der Waals surface area contributed by atoms with Gasteiger partial charge in [0, 0.05) is 30.6 Å². The smallest absolute Gasteiger partial charge is 0.222 e. The summed E-state index contributed by atoms with van der Waals surface area (Å²) in [7, 11) is 1.72. The Morgan fingerprint density at radius 2 is 2.20 bits per heavy atom. The van der Waals surface area contributed by atoms with Crippen molar-refractivity contribution in [3.8, 4) is 5.75 Å². The summed E-state index contributed by atoms with van der Waals surface area (Å²) in [5, 5.41) is 2.98. The van der Waals surface area contributed by atoms with Gasteiger partial charge >= 0.3 is 0 Å². The minimum atomic E-state index is 0.0807. The first-order valence-electron chi connectivity index (χ1n) is 9.32. The molecule has 0 spiro atoms. The van der Waals surface area contributed by atoms with Crippen molar-refractivity contribution in [3.63, 3.8) is 0 Å². The minimum absolute atomic E-state index is 0.0807. The van der Waals surface area contributed by atoms with Crippen LogP contribution in [-0.4, -0.2) is 49.8 Å². The van der Waals surface area contributed by atoms with E-state index < -0.39 is 0 Å². The maximum absolute atomic E-state index is 12.0. The molecular weight excluding hydrogens is 316 g/mol. The third-order valence-corrected chi connectivity index (χ3v) is 5.30. The zero-order chi connectivity index (χ0) is 17.8. The zero-order valence-corrected chi connectivity index (χ0v) is 15.5. The predicted octanol–water partition coefficient (Wildman–Crippen LogP) is 2.45. The standard InChI is InChI=1S/C20H30N2O3/c1-14(2)21-20(23)10-19-17-8-9-22(12-16(17)13-25-19)11-15-6-4-5-7-18(15)24-3/h4-7,14,16-17,19H,8-13H2,1-3H3,(H,21,23)/t16-,17-,19-/m0/s1. The van der Waals surface area contributed by atoms with Crippen LogP contribution in [0.25, 0.3) is 0 Å². The molecule has 1 amide bonds. The number of fused-ring (bicyclic) bond motifs is 1. The highest BCUT2D eigenvalue weighted by Gasteiger charge is 2.41. The average molecular weight is 346 g/mol. The number of methoxy groups -OCH3 is 1. The number of carbonyl (C=O) groups excluding carboxylic acids is 1. The van der Waals surface area contributed by atoms with Gasteiger partial charge in [0.25, 0.3) is 0 Å². The van der Waals surface area contributed by atoms with Crippen LogP contribution >= 0.6 is 0 Å². The molecule has 138 valence electrons. The molecule has 0 saturated carbocycles. The summed E-state index contributed by atoms with van der Waals surface area (Å²) in [6.07, 6.45) is 1.67. The van der Waals surface area contributed by atoms with E-state index in [1.165, 1.54) is 5.56 Å². The molecule has 3 atom stereocenters. The van der Waals surface area contributed by atoms with E-state index in [4.69, 9.17) is 9.47 Å². The van der Waals surface area contributed by atoms with Gasteiger partial charge in [-0.15, -0.1) is 0 Å². The Labute approximate surface area is 150 Å². The van der Waals surface area contributed by atoms with E-state index >= 15 is 0 Å². The van der Waals surface area contributed by atoms with Gasteiger partial charge in [-0.25, -0.2) is 0 Å². The van der Waals surface area contributed by atoms with Gasteiger partial charge in [-0.1, -0.05) is 18.2 Å². The van der Waals surface area contributed by atoms with Crippen LogP contribution in [0, 0.1) is 11.8 Å². The van der Waals surface area contributed by atoms with Crippen LogP contribution in [0.1, 0.15) is 32.3 Å². The van der Waals surface area contributed by atoms with Gasteiger partial charge in [0.15, 0.2) is 0 Å². The molecule has 0 bridgehead atoms. The molecule has 2 saturated heterocycles. The highest BCUT2D eigenvalue weighted by atomic mass is 16.5. The fraction of sp³-hybridized carbons (Fsp3) is 0.650. The zero-order valence-electron chi connectivity index (χ0n) is 15.5. The number of piperidine rings is 1. The Bertz CT molecular complexity index is 590. The maximum Gasteiger partial charge on any atom is 0.222 e. The number of nitrogens with one attached hydrogen (secondary N) is 1. The molecule has 2 fully saturated rings. The Hall–Kier alpha value is -1.59. The van der Waals surface area contributed by atoms with Crippen molar-refractivity contribution < 1.29 is 14.3 Å². The van der Waals surface area contributed by atoms with Crippen molar-refractivity contribution in [1.82, 2.24) is 10.2 Å². The van der Waals surface area contributed by atoms with Crippen LogP contribution in [0.15, 0.2) is 24.3 Å². The number of ether oxygens (including phenoxy) is 2. The second-order valence-electron chi connectivity index (χ2n) is 7.56. The number of amides is 1. The predicted molar refractivity (Wildman–Crippen MR) is 97.5 cm³/mol. The van der Waals surface area contributed by atoms with Gasteiger partial charge in [0.05, 0.1) is 26.2 Å². The molecule has 5 nitrogen and oxygen atoms in total. The van der Waals surface area contributed by atoms with Crippen molar-refractivity contribution in [2.45, 2.75) is 45.4 Å². The molecular formula is C20H30N2O3. The van der Waals surface area contributed by atoms with E-state index in [1.54, 1.807) is 7.11 Å². The van der Waals surface area contributed by atoms with Crippen molar-refractivity contribution in [3.05, 3.63) is 29.8 Å². The van der Waals surface area contributed by atoms with Gasteiger partial charge in [0.1, 0.15) is 5.75 Å². The fourth-order valence-electron chi connectivity index (χ4n) is 4.15. The third kappa shape index (κ3) is 4.53. The van der Waals surface area contributed by atoms with Crippen molar-refractivity contribution in [2.75, 3.05) is 26.8 Å². The summed E-state index contributed by atoms with van der Waals surface area (Å²) in [6.45, 7) is 7.74. The Balaban J connectivity index is 1.54. The van der Waals surface area contributed by atoms with Gasteiger partial charge < -0.3 is 14.8 Å². The fourth-order valence-corrected chi connectivity index (χ4v) is 4.15. The number of carbonyl (C=O) groups is 1. The highest BCUT2D eigenvalue weighted by molar-refractivity contribution is 5.76. The highest BCUT2D eigenvalue weighted by Crippen LogP contribution is 2.36. The van der Waals surface area contributed by atoms with E-state index in [0.717, 1.165) is 38.4 Å². The van der Waals surface area contributed by atoms with Crippen LogP contribution in [0.3, 0.4) is 0 Å². The molecule has 2 heterocycles. The van der Waals surface area contributed by atoms with E-state index in [9.17, 15) is 4.79 Å². The SMILES string of the molecule is COc1ccccc1CN1CC[C@H]2[C@H](CO[C@H]2CC(=O)NC(C)C)C1. The average Bonchev–Trinajstić information content (AvgIpc) is 2.96. The Morgan fingerprint density at radius 1 is 1.40 bits per heavy atom. The summed E-state index contributed by atoms with van der Waals surface area (Å²) >= 11 is 0. The van der Waals surface area contributed by atoms with Gasteiger partial charge in [0.2, 0.25) is 5.91 Å². The molecule has 0 radical (unpaired) electrons. The quantitative estimate of drug-likeness (QED) is 0.860. The first-order chi connectivity index (χ1) is 12.1. The minimum Gasteiger partial charge on any atom is -0.496 e. The van der Waals surface area contributed by atoms with Crippen LogP contribution in [-0.2, 0) is 16.1 Å². The first-order valence-corrected chi connectivity index (χ1v) is 9.32. The largest absolute Gasteiger partial charge is 0.496 e.